The lowest BCUT2D eigenvalue weighted by Crippen LogP contribution is -2.22. The van der Waals surface area contributed by atoms with E-state index in [1.54, 1.807) is 0 Å². The van der Waals surface area contributed by atoms with Gasteiger partial charge < -0.3 is 10.1 Å². The maximum Gasteiger partial charge on any atom is 0.338 e. The van der Waals surface area contributed by atoms with Crippen molar-refractivity contribution in [2.75, 3.05) is 12.4 Å². The summed E-state index contributed by atoms with van der Waals surface area (Å²) in [6, 6.07) is 3.40. The minimum Gasteiger partial charge on any atom is -0.465 e. The lowest BCUT2D eigenvalue weighted by molar-refractivity contribution is -0.384. The van der Waals surface area contributed by atoms with Crippen LogP contribution in [0.5, 0.6) is 0 Å². The Morgan fingerprint density at radius 3 is 2.50 bits per heavy atom. The fourth-order valence-electron chi connectivity index (χ4n) is 1.39. The van der Waals surface area contributed by atoms with Gasteiger partial charge in [-0.1, -0.05) is 6.92 Å². The first-order valence-electron chi connectivity index (χ1n) is 5.61. The van der Waals surface area contributed by atoms with E-state index in [9.17, 15) is 24.5 Å². The quantitative estimate of drug-likeness (QED) is 0.376. The molecule has 0 aliphatic heterocycles. The molecule has 0 aromatic heterocycles. The number of carbonyl (C=O) groups is 3. The van der Waals surface area contributed by atoms with Crippen molar-refractivity contribution in [2.45, 2.75) is 13.3 Å². The SMILES string of the molecule is CCC(=O)C(=O)Nc1ccc(C(=O)OC)cc1[N+](=O)[O-]. The largest absolute Gasteiger partial charge is 0.465 e. The number of hydrogen-bond acceptors (Lipinski definition) is 6. The first-order valence-corrected chi connectivity index (χ1v) is 5.61. The third kappa shape index (κ3) is 3.37. The van der Waals surface area contributed by atoms with Crippen LogP contribution in [0.1, 0.15) is 23.7 Å². The first kappa shape index (κ1) is 15.3. The molecule has 1 N–H and O–H groups in total. The van der Waals surface area contributed by atoms with Crippen LogP contribution in [0.4, 0.5) is 11.4 Å². The Hall–Kier alpha value is -2.77. The monoisotopic (exact) mass is 280 g/mol. The van der Waals surface area contributed by atoms with Crippen LogP contribution >= 0.6 is 0 Å². The highest BCUT2D eigenvalue weighted by atomic mass is 16.6. The van der Waals surface area contributed by atoms with E-state index in [4.69, 9.17) is 0 Å². The molecule has 0 radical (unpaired) electrons. The number of nitro groups is 1. The van der Waals surface area contributed by atoms with E-state index in [1.165, 1.54) is 19.1 Å². The van der Waals surface area contributed by atoms with Gasteiger partial charge in [-0.25, -0.2) is 4.79 Å². The van der Waals surface area contributed by atoms with Crippen LogP contribution in [0.2, 0.25) is 0 Å². The highest BCUT2D eigenvalue weighted by Crippen LogP contribution is 2.26. The van der Waals surface area contributed by atoms with Crippen LogP contribution < -0.4 is 5.32 Å². The number of ketones is 1. The van der Waals surface area contributed by atoms with Gasteiger partial charge in [-0.05, 0) is 12.1 Å². The Morgan fingerprint density at radius 2 is 2.00 bits per heavy atom. The van der Waals surface area contributed by atoms with Crippen molar-refractivity contribution in [3.05, 3.63) is 33.9 Å². The number of methoxy groups -OCH3 is 1. The molecule has 8 heteroatoms. The lowest BCUT2D eigenvalue weighted by Gasteiger charge is -2.06. The molecule has 0 heterocycles. The van der Waals surface area contributed by atoms with Gasteiger partial charge in [-0.2, -0.15) is 0 Å². The molecule has 106 valence electrons. The number of ether oxygens (including phenoxy) is 1. The minimum absolute atomic E-state index is 0.0140. The number of nitrogens with one attached hydrogen (secondary N) is 1. The number of nitrogens with zero attached hydrogens (tertiary/aromatic N) is 1. The molecule has 8 nitrogen and oxygen atoms in total. The second kappa shape index (κ2) is 6.41. The topological polar surface area (TPSA) is 116 Å². The molecule has 20 heavy (non-hydrogen) atoms. The molecule has 0 spiro atoms. The van der Waals surface area contributed by atoms with E-state index in [-0.39, 0.29) is 17.7 Å². The van der Waals surface area contributed by atoms with Gasteiger partial charge in [0.2, 0.25) is 5.78 Å². The molecular weight excluding hydrogens is 268 g/mol. The predicted molar refractivity (Wildman–Crippen MR) is 68.4 cm³/mol. The fourth-order valence-corrected chi connectivity index (χ4v) is 1.39. The zero-order valence-electron chi connectivity index (χ0n) is 10.8. The molecule has 0 atom stereocenters. The molecule has 0 unspecified atom stereocenters. The summed E-state index contributed by atoms with van der Waals surface area (Å²) in [7, 11) is 1.14. The van der Waals surface area contributed by atoms with Gasteiger partial charge in [0.25, 0.3) is 11.6 Å². The van der Waals surface area contributed by atoms with E-state index < -0.39 is 28.3 Å². The van der Waals surface area contributed by atoms with E-state index in [2.05, 4.69) is 10.1 Å². The number of anilines is 1. The summed E-state index contributed by atoms with van der Waals surface area (Å²) in [5, 5.41) is 13.1. The Morgan fingerprint density at radius 1 is 1.35 bits per heavy atom. The number of amides is 1. The number of esters is 1. The third-order valence-corrected chi connectivity index (χ3v) is 2.44. The van der Waals surface area contributed by atoms with E-state index in [0.717, 1.165) is 13.2 Å². The summed E-state index contributed by atoms with van der Waals surface area (Å²) in [6.07, 6.45) is -0.0140. The van der Waals surface area contributed by atoms with Crippen molar-refractivity contribution in [2.24, 2.45) is 0 Å². The van der Waals surface area contributed by atoms with E-state index in [0.29, 0.717) is 0 Å². The van der Waals surface area contributed by atoms with E-state index in [1.807, 2.05) is 0 Å². The summed E-state index contributed by atoms with van der Waals surface area (Å²) in [4.78, 5) is 44.0. The molecule has 1 amide bonds. The smallest absolute Gasteiger partial charge is 0.338 e. The summed E-state index contributed by atoms with van der Waals surface area (Å²) in [5.41, 5.74) is -0.682. The number of Topliss-reactive ketones (excluding diaryl/α,β-unsaturated/α-hetero) is 1. The Labute approximate surface area is 113 Å². The van der Waals surface area contributed by atoms with Crippen molar-refractivity contribution in [3.8, 4) is 0 Å². The number of benzene rings is 1. The van der Waals surface area contributed by atoms with Gasteiger partial charge in [-0.3, -0.25) is 19.7 Å². The van der Waals surface area contributed by atoms with Crippen LogP contribution in [0.25, 0.3) is 0 Å². The molecule has 1 aromatic carbocycles. The van der Waals surface area contributed by atoms with Gasteiger partial charge in [0, 0.05) is 12.5 Å². The van der Waals surface area contributed by atoms with Crippen molar-refractivity contribution < 1.29 is 24.0 Å². The average Bonchev–Trinajstić information content (AvgIpc) is 2.45. The van der Waals surface area contributed by atoms with Crippen LogP contribution in [0, 0.1) is 10.1 Å². The maximum atomic E-state index is 11.4. The normalized spacial score (nSPS) is 9.70. The Bertz CT molecular complexity index is 581. The Kier molecular flexibility index (Phi) is 4.90. The fraction of sp³-hybridized carbons (Fsp3) is 0.250. The number of carbonyl (C=O) groups excluding carboxylic acids is 3. The maximum absolute atomic E-state index is 11.4. The minimum atomic E-state index is -0.943. The number of hydrogen-bond donors (Lipinski definition) is 1. The number of nitro benzene ring substituents is 1. The molecule has 1 rings (SSSR count). The standard InChI is InChI=1S/C12H12N2O6/c1-3-10(15)11(16)13-8-5-4-7(12(17)20-2)6-9(8)14(18)19/h4-6H,3H2,1-2H3,(H,13,16). The zero-order valence-corrected chi connectivity index (χ0v) is 10.8. The molecule has 0 saturated heterocycles. The number of rotatable bonds is 5. The predicted octanol–water partition coefficient (Wildman–Crippen LogP) is 1.30. The van der Waals surface area contributed by atoms with Gasteiger partial charge in [0.15, 0.2) is 0 Å². The highest BCUT2D eigenvalue weighted by molar-refractivity contribution is 6.40. The van der Waals surface area contributed by atoms with Gasteiger partial charge in [0.05, 0.1) is 17.6 Å². The molecule has 0 fully saturated rings. The van der Waals surface area contributed by atoms with Gasteiger partial charge in [-0.15, -0.1) is 0 Å². The van der Waals surface area contributed by atoms with Crippen molar-refractivity contribution >= 4 is 29.0 Å². The second-order valence-corrected chi connectivity index (χ2v) is 3.71. The van der Waals surface area contributed by atoms with Crippen LogP contribution in [0.15, 0.2) is 18.2 Å². The average molecular weight is 280 g/mol. The zero-order chi connectivity index (χ0) is 15.3. The molecule has 1 aromatic rings. The second-order valence-electron chi connectivity index (χ2n) is 3.71. The summed E-state index contributed by atoms with van der Waals surface area (Å²) in [6.45, 7) is 1.50. The molecule has 0 aliphatic carbocycles. The molecule has 0 saturated carbocycles. The highest BCUT2D eigenvalue weighted by Gasteiger charge is 2.21. The Balaban J connectivity index is 3.14. The summed E-state index contributed by atoms with van der Waals surface area (Å²) >= 11 is 0. The van der Waals surface area contributed by atoms with Gasteiger partial charge >= 0.3 is 5.97 Å². The van der Waals surface area contributed by atoms with E-state index >= 15 is 0 Å². The first-order chi connectivity index (χ1) is 9.40. The molecule has 0 aliphatic rings. The third-order valence-electron chi connectivity index (χ3n) is 2.44. The van der Waals surface area contributed by atoms with Crippen molar-refractivity contribution in [1.82, 2.24) is 0 Å². The van der Waals surface area contributed by atoms with Crippen LogP contribution in [-0.2, 0) is 14.3 Å². The van der Waals surface area contributed by atoms with Crippen LogP contribution in [-0.4, -0.2) is 29.7 Å². The van der Waals surface area contributed by atoms with Crippen molar-refractivity contribution in [3.63, 3.8) is 0 Å². The summed E-state index contributed by atoms with van der Waals surface area (Å²) < 4.78 is 4.44. The van der Waals surface area contributed by atoms with Crippen molar-refractivity contribution in [1.29, 1.82) is 0 Å². The molecule has 0 bridgehead atoms. The lowest BCUT2D eigenvalue weighted by atomic mass is 10.1. The summed E-state index contributed by atoms with van der Waals surface area (Å²) in [5.74, 6) is -2.38. The van der Waals surface area contributed by atoms with Gasteiger partial charge in [0.1, 0.15) is 5.69 Å². The van der Waals surface area contributed by atoms with Crippen LogP contribution in [0.3, 0.4) is 0 Å². The molecular formula is C12H12N2O6.